The van der Waals surface area contributed by atoms with E-state index in [0.29, 0.717) is 6.42 Å². The largest absolute Gasteiger partial charge is 0.394 e. The Hall–Kier alpha value is -1.43. The van der Waals surface area contributed by atoms with Crippen LogP contribution in [0.2, 0.25) is 0 Å². The predicted molar refractivity (Wildman–Crippen MR) is 305 cm³/mol. The first-order valence-corrected chi connectivity index (χ1v) is 31.3. The summed E-state index contributed by atoms with van der Waals surface area (Å²) in [5.41, 5.74) is 0. The smallest absolute Gasteiger partial charge is 0.249 e. The summed E-state index contributed by atoms with van der Waals surface area (Å²) in [6.07, 6.45) is 78.2. The molecule has 0 aromatic heterocycles. The molecule has 4 N–H and O–H groups in total. The monoisotopic (exact) mass is 970 g/mol. The number of hydrogen-bond acceptors (Lipinski definition) is 4. The molecule has 0 saturated heterocycles. The Bertz CT molecular complexity index is 1070. The van der Waals surface area contributed by atoms with Crippen LogP contribution in [0.5, 0.6) is 0 Å². The summed E-state index contributed by atoms with van der Waals surface area (Å²) in [6.45, 7) is 4.22. The van der Waals surface area contributed by atoms with Crippen molar-refractivity contribution in [2.75, 3.05) is 6.61 Å². The van der Waals surface area contributed by atoms with Gasteiger partial charge in [0.25, 0.3) is 0 Å². The minimum Gasteiger partial charge on any atom is -0.394 e. The number of nitrogens with one attached hydrogen (secondary N) is 1. The van der Waals surface area contributed by atoms with E-state index in [1.54, 1.807) is 6.08 Å². The molecule has 0 saturated carbocycles. The molecule has 1 amide bonds. The molecule has 3 unspecified atom stereocenters. The lowest BCUT2D eigenvalue weighted by molar-refractivity contribution is -0.131. The Labute approximate surface area is 432 Å². The summed E-state index contributed by atoms with van der Waals surface area (Å²) < 4.78 is 0. The number of rotatable bonds is 58. The van der Waals surface area contributed by atoms with Gasteiger partial charge in [-0.1, -0.05) is 326 Å². The first kappa shape index (κ1) is 67.6. The van der Waals surface area contributed by atoms with Crippen LogP contribution in [0.1, 0.15) is 341 Å². The van der Waals surface area contributed by atoms with Crippen molar-refractivity contribution >= 4 is 5.91 Å². The average Bonchev–Trinajstić information content (AvgIpc) is 3.35. The van der Waals surface area contributed by atoms with Crippen LogP contribution >= 0.6 is 0 Å². The SMILES string of the molecule is CCCCCCCCCCC/C=C\C/C=C\CCCCCCCCCCCCCCCCCCC(O)C(=O)NC(CO)C(O)/C=C/CCCCCCCCCCCCCCCCCCCCCCC. The zero-order valence-electron chi connectivity index (χ0n) is 46.7. The van der Waals surface area contributed by atoms with Gasteiger partial charge in [-0.3, -0.25) is 4.79 Å². The maximum Gasteiger partial charge on any atom is 0.249 e. The van der Waals surface area contributed by atoms with Gasteiger partial charge in [-0.25, -0.2) is 0 Å². The van der Waals surface area contributed by atoms with Crippen molar-refractivity contribution in [3.05, 3.63) is 36.5 Å². The van der Waals surface area contributed by atoms with E-state index in [-0.39, 0.29) is 6.61 Å². The molecule has 69 heavy (non-hydrogen) atoms. The fourth-order valence-electron chi connectivity index (χ4n) is 9.87. The quantitative estimate of drug-likeness (QED) is 0.0361. The number of carbonyl (C=O) groups excluding carboxylic acids is 1. The highest BCUT2D eigenvalue weighted by molar-refractivity contribution is 5.80. The summed E-state index contributed by atoms with van der Waals surface area (Å²) in [6, 6.07) is -0.798. The number of carbonyl (C=O) groups is 1. The van der Waals surface area contributed by atoms with Crippen LogP contribution in [0.3, 0.4) is 0 Å². The number of unbranched alkanes of at least 4 members (excludes halogenated alkanes) is 46. The summed E-state index contributed by atoms with van der Waals surface area (Å²) in [5, 5.41) is 33.5. The molecule has 408 valence electrons. The Morgan fingerprint density at radius 3 is 0.913 bits per heavy atom. The number of aliphatic hydroxyl groups is 3. The third-order valence-corrected chi connectivity index (χ3v) is 14.7. The highest BCUT2D eigenvalue weighted by Gasteiger charge is 2.22. The van der Waals surface area contributed by atoms with E-state index in [1.165, 1.54) is 283 Å². The van der Waals surface area contributed by atoms with Gasteiger partial charge in [-0.05, 0) is 51.4 Å². The molecule has 0 spiro atoms. The van der Waals surface area contributed by atoms with Gasteiger partial charge in [0, 0.05) is 0 Å². The third-order valence-electron chi connectivity index (χ3n) is 14.7. The van der Waals surface area contributed by atoms with E-state index < -0.39 is 24.2 Å². The lowest BCUT2D eigenvalue weighted by Gasteiger charge is -2.21. The molecule has 0 bridgehead atoms. The van der Waals surface area contributed by atoms with Crippen molar-refractivity contribution in [2.45, 2.75) is 360 Å². The molecule has 0 radical (unpaired) electrons. The molecular formula is C64H123NO4. The molecular weight excluding hydrogens is 847 g/mol. The summed E-state index contributed by atoms with van der Waals surface area (Å²) >= 11 is 0. The number of hydrogen-bond donors (Lipinski definition) is 4. The van der Waals surface area contributed by atoms with Crippen LogP contribution in [0.25, 0.3) is 0 Å². The van der Waals surface area contributed by atoms with Crippen LogP contribution in [0.15, 0.2) is 36.5 Å². The number of aliphatic hydroxyl groups excluding tert-OH is 3. The topological polar surface area (TPSA) is 89.8 Å². The van der Waals surface area contributed by atoms with Crippen LogP contribution in [-0.2, 0) is 4.79 Å². The Kier molecular flexibility index (Phi) is 57.9. The van der Waals surface area contributed by atoms with Gasteiger partial charge < -0.3 is 20.6 Å². The molecule has 0 aliphatic carbocycles. The minimum atomic E-state index is -1.10. The van der Waals surface area contributed by atoms with Crippen LogP contribution < -0.4 is 5.32 Å². The van der Waals surface area contributed by atoms with Crippen molar-refractivity contribution in [1.82, 2.24) is 5.32 Å². The fourth-order valence-corrected chi connectivity index (χ4v) is 9.87. The first-order valence-electron chi connectivity index (χ1n) is 31.3. The lowest BCUT2D eigenvalue weighted by atomic mass is 10.0. The normalized spacial score (nSPS) is 13.4. The lowest BCUT2D eigenvalue weighted by Crippen LogP contribution is -2.48. The van der Waals surface area contributed by atoms with E-state index in [9.17, 15) is 20.1 Å². The number of allylic oxidation sites excluding steroid dienone is 5. The second-order valence-electron chi connectivity index (χ2n) is 21.6. The van der Waals surface area contributed by atoms with E-state index in [1.807, 2.05) is 6.08 Å². The van der Waals surface area contributed by atoms with E-state index >= 15 is 0 Å². The van der Waals surface area contributed by atoms with Crippen LogP contribution in [0.4, 0.5) is 0 Å². The summed E-state index contributed by atoms with van der Waals surface area (Å²) in [4.78, 5) is 12.6. The fraction of sp³-hybridized carbons (Fsp3) is 0.891. The van der Waals surface area contributed by atoms with Crippen molar-refractivity contribution < 1.29 is 20.1 Å². The maximum atomic E-state index is 12.6. The van der Waals surface area contributed by atoms with Gasteiger partial charge in [0.1, 0.15) is 6.10 Å². The first-order chi connectivity index (χ1) is 34.1. The van der Waals surface area contributed by atoms with Crippen LogP contribution in [0, 0.1) is 0 Å². The minimum absolute atomic E-state index is 0.361. The van der Waals surface area contributed by atoms with E-state index in [0.717, 1.165) is 38.5 Å². The van der Waals surface area contributed by atoms with Crippen molar-refractivity contribution in [3.63, 3.8) is 0 Å². The highest BCUT2D eigenvalue weighted by Crippen LogP contribution is 2.18. The van der Waals surface area contributed by atoms with Crippen molar-refractivity contribution in [2.24, 2.45) is 0 Å². The van der Waals surface area contributed by atoms with Gasteiger partial charge in [0.15, 0.2) is 0 Å². The summed E-state index contributed by atoms with van der Waals surface area (Å²) in [7, 11) is 0. The van der Waals surface area contributed by atoms with Crippen LogP contribution in [-0.4, -0.2) is 46.1 Å². The third kappa shape index (κ3) is 54.2. The molecule has 0 aromatic carbocycles. The Balaban J connectivity index is 3.53. The number of amides is 1. The Morgan fingerprint density at radius 2 is 0.623 bits per heavy atom. The molecule has 0 aliphatic heterocycles. The second kappa shape index (κ2) is 59.1. The van der Waals surface area contributed by atoms with Crippen molar-refractivity contribution in [3.8, 4) is 0 Å². The Morgan fingerprint density at radius 1 is 0.362 bits per heavy atom. The molecule has 0 rings (SSSR count). The van der Waals surface area contributed by atoms with Gasteiger partial charge in [-0.2, -0.15) is 0 Å². The molecule has 0 aromatic rings. The van der Waals surface area contributed by atoms with Gasteiger partial charge >= 0.3 is 0 Å². The average molecular weight is 971 g/mol. The van der Waals surface area contributed by atoms with Gasteiger partial charge in [0.05, 0.1) is 18.8 Å². The molecule has 5 nitrogen and oxygen atoms in total. The highest BCUT2D eigenvalue weighted by atomic mass is 16.3. The van der Waals surface area contributed by atoms with E-state index in [2.05, 4.69) is 43.5 Å². The summed E-state index contributed by atoms with van der Waals surface area (Å²) in [5.74, 6) is -0.498. The van der Waals surface area contributed by atoms with Gasteiger partial charge in [-0.15, -0.1) is 0 Å². The second-order valence-corrected chi connectivity index (χ2v) is 21.6. The predicted octanol–water partition coefficient (Wildman–Crippen LogP) is 19.8. The zero-order chi connectivity index (χ0) is 50.0. The molecule has 0 fully saturated rings. The van der Waals surface area contributed by atoms with Crippen molar-refractivity contribution in [1.29, 1.82) is 0 Å². The standard InChI is InChI=1S/C64H123NO4/c1-3-5-7-9-11-13-15-17-19-21-23-25-27-28-29-30-31-32-33-34-35-37-39-41-43-45-47-49-51-53-55-57-59-63(68)64(69)65-61(60-66)62(67)58-56-54-52-50-48-46-44-42-40-38-36-26-24-22-20-18-16-14-12-10-8-6-4-2/h23,25,28-29,56,58,61-63,66-68H,3-22,24,26-27,30-55,57,59-60H2,1-2H3,(H,65,69)/b25-23-,29-28-,58-56+. The molecule has 0 heterocycles. The van der Waals surface area contributed by atoms with Gasteiger partial charge in [0.2, 0.25) is 5.91 Å². The molecule has 5 heteroatoms. The maximum absolute atomic E-state index is 12.6. The molecule has 3 atom stereocenters. The zero-order valence-corrected chi connectivity index (χ0v) is 46.7. The molecule has 0 aliphatic rings. The van der Waals surface area contributed by atoms with E-state index in [4.69, 9.17) is 0 Å².